The lowest BCUT2D eigenvalue weighted by molar-refractivity contribution is 0.329. The standard InChI is InChI=1S/C8H11BrN2O/c1-5-3-2-4-6(5)7-10-8(9)11-12-7/h5-6H,2-4H2,1H3. The Morgan fingerprint density at radius 3 is 2.83 bits per heavy atom. The first-order chi connectivity index (χ1) is 5.77. The minimum absolute atomic E-state index is 0.490. The van der Waals surface area contributed by atoms with Crippen LogP contribution in [0.5, 0.6) is 0 Å². The van der Waals surface area contributed by atoms with Crippen LogP contribution in [0.2, 0.25) is 0 Å². The zero-order chi connectivity index (χ0) is 8.55. The molecule has 0 radical (unpaired) electrons. The van der Waals surface area contributed by atoms with Crippen LogP contribution >= 0.6 is 15.9 Å². The Morgan fingerprint density at radius 2 is 2.33 bits per heavy atom. The molecule has 3 nitrogen and oxygen atoms in total. The molecule has 0 saturated heterocycles. The van der Waals surface area contributed by atoms with Gasteiger partial charge in [0.15, 0.2) is 0 Å². The van der Waals surface area contributed by atoms with E-state index in [0.29, 0.717) is 16.6 Å². The number of nitrogens with zero attached hydrogens (tertiary/aromatic N) is 2. The van der Waals surface area contributed by atoms with Crippen molar-refractivity contribution in [3.63, 3.8) is 0 Å². The van der Waals surface area contributed by atoms with Gasteiger partial charge in [-0.25, -0.2) is 0 Å². The predicted molar refractivity (Wildman–Crippen MR) is 47.8 cm³/mol. The monoisotopic (exact) mass is 230 g/mol. The van der Waals surface area contributed by atoms with E-state index in [1.807, 2.05) is 0 Å². The summed E-state index contributed by atoms with van der Waals surface area (Å²) in [6, 6.07) is 0. The molecule has 1 aliphatic rings. The average Bonchev–Trinajstić information content (AvgIpc) is 2.58. The molecule has 1 aromatic rings. The second kappa shape index (κ2) is 3.17. The van der Waals surface area contributed by atoms with Gasteiger partial charge in [0, 0.05) is 5.92 Å². The summed E-state index contributed by atoms with van der Waals surface area (Å²) in [7, 11) is 0. The highest BCUT2D eigenvalue weighted by Gasteiger charge is 2.29. The van der Waals surface area contributed by atoms with E-state index in [-0.39, 0.29) is 0 Å². The fraction of sp³-hybridized carbons (Fsp3) is 0.750. The highest BCUT2D eigenvalue weighted by atomic mass is 79.9. The van der Waals surface area contributed by atoms with E-state index in [1.165, 1.54) is 19.3 Å². The van der Waals surface area contributed by atoms with Crippen molar-refractivity contribution >= 4 is 15.9 Å². The van der Waals surface area contributed by atoms with Crippen LogP contribution in [-0.4, -0.2) is 10.1 Å². The normalized spacial score (nSPS) is 29.5. The van der Waals surface area contributed by atoms with Crippen molar-refractivity contribution < 1.29 is 4.52 Å². The van der Waals surface area contributed by atoms with Gasteiger partial charge >= 0.3 is 0 Å². The summed E-state index contributed by atoms with van der Waals surface area (Å²) in [5, 5.41) is 3.73. The number of halogens is 1. The lowest BCUT2D eigenvalue weighted by atomic mass is 9.98. The Balaban J connectivity index is 2.19. The van der Waals surface area contributed by atoms with Crippen molar-refractivity contribution in [3.05, 3.63) is 10.6 Å². The first-order valence-corrected chi connectivity index (χ1v) is 5.06. The van der Waals surface area contributed by atoms with Gasteiger partial charge in [0.2, 0.25) is 10.6 Å². The van der Waals surface area contributed by atoms with E-state index in [1.54, 1.807) is 0 Å². The number of rotatable bonds is 1. The van der Waals surface area contributed by atoms with Crippen LogP contribution in [0, 0.1) is 5.92 Å². The van der Waals surface area contributed by atoms with Crippen molar-refractivity contribution in [2.24, 2.45) is 5.92 Å². The fourth-order valence-corrected chi connectivity index (χ4v) is 2.13. The zero-order valence-corrected chi connectivity index (χ0v) is 8.54. The van der Waals surface area contributed by atoms with Crippen LogP contribution < -0.4 is 0 Å². The van der Waals surface area contributed by atoms with Gasteiger partial charge in [0.05, 0.1) is 0 Å². The second-order valence-electron chi connectivity index (χ2n) is 3.42. The van der Waals surface area contributed by atoms with Crippen molar-refractivity contribution in [2.75, 3.05) is 0 Å². The molecule has 0 aliphatic heterocycles. The Hall–Kier alpha value is -0.380. The van der Waals surface area contributed by atoms with Gasteiger partial charge in [-0.2, -0.15) is 4.98 Å². The summed E-state index contributed by atoms with van der Waals surface area (Å²) >= 11 is 3.18. The first-order valence-electron chi connectivity index (χ1n) is 4.26. The van der Waals surface area contributed by atoms with Gasteiger partial charge in [-0.1, -0.05) is 13.3 Å². The third-order valence-corrected chi connectivity index (χ3v) is 2.92. The molecule has 2 rings (SSSR count). The van der Waals surface area contributed by atoms with Gasteiger partial charge in [-0.3, -0.25) is 0 Å². The van der Waals surface area contributed by atoms with Gasteiger partial charge in [0.1, 0.15) is 0 Å². The maximum Gasteiger partial charge on any atom is 0.238 e. The molecule has 1 heterocycles. The van der Waals surface area contributed by atoms with Crippen molar-refractivity contribution in [2.45, 2.75) is 32.1 Å². The molecule has 0 amide bonds. The Labute approximate surface area is 79.7 Å². The van der Waals surface area contributed by atoms with E-state index < -0.39 is 0 Å². The second-order valence-corrected chi connectivity index (χ2v) is 4.13. The van der Waals surface area contributed by atoms with Crippen LogP contribution in [0.15, 0.2) is 9.26 Å². The maximum absolute atomic E-state index is 5.11. The third-order valence-electron chi connectivity index (χ3n) is 2.60. The van der Waals surface area contributed by atoms with Gasteiger partial charge in [-0.05, 0) is 39.8 Å². The van der Waals surface area contributed by atoms with Crippen molar-refractivity contribution in [1.82, 2.24) is 10.1 Å². The first kappa shape index (κ1) is 8.23. The van der Waals surface area contributed by atoms with E-state index in [9.17, 15) is 0 Å². The highest BCUT2D eigenvalue weighted by molar-refractivity contribution is 9.10. The van der Waals surface area contributed by atoms with Gasteiger partial charge in [0.25, 0.3) is 0 Å². The quantitative estimate of drug-likeness (QED) is 0.745. The molecule has 1 aliphatic carbocycles. The molecule has 1 fully saturated rings. The largest absolute Gasteiger partial charge is 0.338 e. The molecule has 2 atom stereocenters. The lowest BCUT2D eigenvalue weighted by Gasteiger charge is -2.08. The van der Waals surface area contributed by atoms with Gasteiger partial charge < -0.3 is 4.52 Å². The van der Waals surface area contributed by atoms with E-state index in [0.717, 1.165) is 5.89 Å². The molecular formula is C8H11BrN2O. The van der Waals surface area contributed by atoms with Gasteiger partial charge in [-0.15, -0.1) is 0 Å². The Morgan fingerprint density at radius 1 is 1.50 bits per heavy atom. The molecule has 66 valence electrons. The summed E-state index contributed by atoms with van der Waals surface area (Å²) in [5.74, 6) is 1.98. The Kier molecular flexibility index (Phi) is 2.17. The smallest absolute Gasteiger partial charge is 0.238 e. The SMILES string of the molecule is CC1CCCC1c1nc(Br)no1. The average molecular weight is 231 g/mol. The number of hydrogen-bond donors (Lipinski definition) is 0. The molecule has 1 aromatic heterocycles. The molecule has 12 heavy (non-hydrogen) atoms. The zero-order valence-electron chi connectivity index (χ0n) is 6.96. The minimum Gasteiger partial charge on any atom is -0.338 e. The molecule has 0 bridgehead atoms. The summed E-state index contributed by atoms with van der Waals surface area (Å²) in [5.41, 5.74) is 0. The van der Waals surface area contributed by atoms with Crippen molar-refractivity contribution in [3.8, 4) is 0 Å². The van der Waals surface area contributed by atoms with Crippen LogP contribution in [0.25, 0.3) is 0 Å². The molecular weight excluding hydrogens is 220 g/mol. The Bertz CT molecular complexity index is 274. The minimum atomic E-state index is 0.490. The maximum atomic E-state index is 5.11. The molecule has 0 aromatic carbocycles. The number of hydrogen-bond acceptors (Lipinski definition) is 3. The fourth-order valence-electron chi connectivity index (χ4n) is 1.88. The molecule has 0 N–H and O–H groups in total. The predicted octanol–water partition coefficient (Wildman–Crippen LogP) is 2.74. The van der Waals surface area contributed by atoms with Crippen LogP contribution in [0.3, 0.4) is 0 Å². The molecule has 2 unspecified atom stereocenters. The van der Waals surface area contributed by atoms with Crippen LogP contribution in [-0.2, 0) is 0 Å². The van der Waals surface area contributed by atoms with E-state index in [4.69, 9.17) is 4.52 Å². The highest BCUT2D eigenvalue weighted by Crippen LogP contribution is 2.38. The van der Waals surface area contributed by atoms with E-state index in [2.05, 4.69) is 33.0 Å². The third kappa shape index (κ3) is 1.40. The molecule has 1 saturated carbocycles. The molecule has 0 spiro atoms. The van der Waals surface area contributed by atoms with Crippen molar-refractivity contribution in [1.29, 1.82) is 0 Å². The summed E-state index contributed by atoms with van der Waals surface area (Å²) in [6.45, 7) is 2.25. The number of aromatic nitrogens is 2. The summed E-state index contributed by atoms with van der Waals surface area (Å²) in [6.07, 6.45) is 3.76. The van der Waals surface area contributed by atoms with E-state index >= 15 is 0 Å². The lowest BCUT2D eigenvalue weighted by Crippen LogP contribution is -2.01. The summed E-state index contributed by atoms with van der Waals surface area (Å²) in [4.78, 5) is 4.18. The van der Waals surface area contributed by atoms with Crippen LogP contribution in [0.1, 0.15) is 38.0 Å². The summed E-state index contributed by atoms with van der Waals surface area (Å²) < 4.78 is 5.68. The topological polar surface area (TPSA) is 38.9 Å². The van der Waals surface area contributed by atoms with Crippen LogP contribution in [0.4, 0.5) is 0 Å². The molecule has 4 heteroatoms.